The van der Waals surface area contributed by atoms with Gasteiger partial charge in [-0.2, -0.15) is 0 Å². The lowest BCUT2D eigenvalue weighted by molar-refractivity contribution is -0.139. The highest BCUT2D eigenvalue weighted by atomic mass is 35.5. The molecule has 1 atom stereocenters. The van der Waals surface area contributed by atoms with Crippen molar-refractivity contribution in [1.82, 2.24) is 0 Å². The molecule has 1 aromatic carbocycles. The summed E-state index contributed by atoms with van der Waals surface area (Å²) in [6.07, 6.45) is 0. The molecule has 18 heavy (non-hydrogen) atoms. The van der Waals surface area contributed by atoms with E-state index in [1.54, 1.807) is 30.3 Å². The molecule has 1 heterocycles. The average molecular weight is 283 g/mol. The quantitative estimate of drug-likeness (QED) is 0.910. The highest BCUT2D eigenvalue weighted by Crippen LogP contribution is 2.24. The van der Waals surface area contributed by atoms with Crippen LogP contribution in [-0.2, 0) is 4.79 Å². The fourth-order valence-corrected chi connectivity index (χ4v) is 2.49. The van der Waals surface area contributed by atoms with E-state index in [1.165, 1.54) is 11.3 Å². The first-order valence-electron chi connectivity index (χ1n) is 5.31. The molecule has 0 bridgehead atoms. The Kier molecular flexibility index (Phi) is 4.23. The Bertz CT molecular complexity index is 525. The number of carboxylic acid groups (broad SMARTS) is 1. The van der Waals surface area contributed by atoms with Crippen LogP contribution >= 0.6 is 22.9 Å². The van der Waals surface area contributed by atoms with Crippen molar-refractivity contribution in [1.29, 1.82) is 0 Å². The number of aliphatic carboxylic acids is 1. The molecule has 1 N–H and O–H groups in total. The zero-order valence-electron chi connectivity index (χ0n) is 9.38. The number of hydrogen-bond donors (Lipinski definition) is 1. The molecule has 1 aromatic heterocycles. The van der Waals surface area contributed by atoms with Gasteiger partial charge >= 0.3 is 5.97 Å². The molecule has 0 fully saturated rings. The lowest BCUT2D eigenvalue weighted by atomic mass is 10.1. The molecule has 2 rings (SSSR count). The van der Waals surface area contributed by atoms with Gasteiger partial charge in [0, 0.05) is 9.90 Å². The van der Waals surface area contributed by atoms with E-state index in [-0.39, 0.29) is 6.61 Å². The summed E-state index contributed by atoms with van der Waals surface area (Å²) in [5, 5.41) is 11.6. The monoisotopic (exact) mass is 282 g/mol. The molecule has 0 aliphatic heterocycles. The fourth-order valence-electron chi connectivity index (χ4n) is 1.50. The minimum atomic E-state index is -0.889. The van der Waals surface area contributed by atoms with Gasteiger partial charge < -0.3 is 9.84 Å². The SMILES string of the molecule is O=C(O)C(COc1cccc(Cl)c1)c1cccs1. The molecular weight excluding hydrogens is 272 g/mol. The molecule has 0 aliphatic carbocycles. The van der Waals surface area contributed by atoms with E-state index in [1.807, 2.05) is 11.4 Å². The van der Waals surface area contributed by atoms with Crippen molar-refractivity contribution in [2.24, 2.45) is 0 Å². The standard InChI is InChI=1S/C13H11ClO3S/c14-9-3-1-4-10(7-9)17-8-11(13(15)16)12-5-2-6-18-12/h1-7,11H,8H2,(H,15,16). The Morgan fingerprint density at radius 3 is 2.83 bits per heavy atom. The third-order valence-corrected chi connectivity index (χ3v) is 3.62. The Morgan fingerprint density at radius 1 is 1.39 bits per heavy atom. The number of benzene rings is 1. The summed E-state index contributed by atoms with van der Waals surface area (Å²) in [5.74, 6) is -0.964. The Morgan fingerprint density at radius 2 is 2.22 bits per heavy atom. The van der Waals surface area contributed by atoms with E-state index in [9.17, 15) is 9.90 Å². The molecule has 0 saturated heterocycles. The van der Waals surface area contributed by atoms with Crippen LogP contribution in [0.1, 0.15) is 10.8 Å². The van der Waals surface area contributed by atoms with E-state index in [0.29, 0.717) is 10.8 Å². The molecule has 5 heteroatoms. The summed E-state index contributed by atoms with van der Waals surface area (Å²) in [4.78, 5) is 12.0. The van der Waals surface area contributed by atoms with E-state index < -0.39 is 11.9 Å². The van der Waals surface area contributed by atoms with Crippen molar-refractivity contribution >= 4 is 28.9 Å². The summed E-state index contributed by atoms with van der Waals surface area (Å²) >= 11 is 7.24. The van der Waals surface area contributed by atoms with Crippen LogP contribution in [0.15, 0.2) is 41.8 Å². The fraction of sp³-hybridized carbons (Fsp3) is 0.154. The van der Waals surface area contributed by atoms with Gasteiger partial charge in [0.1, 0.15) is 18.3 Å². The van der Waals surface area contributed by atoms with Crippen LogP contribution in [0.3, 0.4) is 0 Å². The van der Waals surface area contributed by atoms with Crippen LogP contribution in [0.4, 0.5) is 0 Å². The van der Waals surface area contributed by atoms with Gasteiger partial charge in [0.25, 0.3) is 0 Å². The molecule has 2 aromatic rings. The van der Waals surface area contributed by atoms with Gasteiger partial charge in [0.2, 0.25) is 0 Å². The molecule has 0 saturated carbocycles. The Hall–Kier alpha value is -1.52. The summed E-state index contributed by atoms with van der Waals surface area (Å²) < 4.78 is 5.48. The van der Waals surface area contributed by atoms with Gasteiger partial charge in [-0.3, -0.25) is 4.79 Å². The lowest BCUT2D eigenvalue weighted by Crippen LogP contribution is -2.18. The van der Waals surface area contributed by atoms with Gasteiger partial charge in [0.05, 0.1) is 0 Å². The number of rotatable bonds is 5. The predicted molar refractivity (Wildman–Crippen MR) is 71.6 cm³/mol. The highest BCUT2D eigenvalue weighted by Gasteiger charge is 2.21. The second kappa shape index (κ2) is 5.89. The van der Waals surface area contributed by atoms with Crippen LogP contribution in [0.5, 0.6) is 5.75 Å². The van der Waals surface area contributed by atoms with Crippen LogP contribution in [0, 0.1) is 0 Å². The number of thiophene rings is 1. The van der Waals surface area contributed by atoms with Gasteiger partial charge in [0.15, 0.2) is 0 Å². The van der Waals surface area contributed by atoms with Crippen molar-refractivity contribution < 1.29 is 14.6 Å². The van der Waals surface area contributed by atoms with E-state index in [0.717, 1.165) is 4.88 Å². The molecule has 1 unspecified atom stereocenters. The lowest BCUT2D eigenvalue weighted by Gasteiger charge is -2.12. The average Bonchev–Trinajstić information content (AvgIpc) is 2.82. The smallest absolute Gasteiger partial charge is 0.315 e. The Labute approximate surface area is 114 Å². The predicted octanol–water partition coefficient (Wildman–Crippen LogP) is 3.65. The van der Waals surface area contributed by atoms with Crippen molar-refractivity contribution in [2.75, 3.05) is 6.61 Å². The van der Waals surface area contributed by atoms with Crippen molar-refractivity contribution in [3.63, 3.8) is 0 Å². The van der Waals surface area contributed by atoms with E-state index >= 15 is 0 Å². The Balaban J connectivity index is 2.05. The molecule has 94 valence electrons. The van der Waals surface area contributed by atoms with Crippen molar-refractivity contribution in [3.8, 4) is 5.75 Å². The minimum Gasteiger partial charge on any atom is -0.492 e. The third-order valence-electron chi connectivity index (χ3n) is 2.40. The zero-order chi connectivity index (χ0) is 13.0. The maximum atomic E-state index is 11.2. The number of carboxylic acids is 1. The summed E-state index contributed by atoms with van der Waals surface area (Å²) in [7, 11) is 0. The van der Waals surface area contributed by atoms with Crippen LogP contribution in [-0.4, -0.2) is 17.7 Å². The first-order chi connectivity index (χ1) is 8.66. The highest BCUT2D eigenvalue weighted by molar-refractivity contribution is 7.10. The van der Waals surface area contributed by atoms with Crippen molar-refractivity contribution in [2.45, 2.75) is 5.92 Å². The number of halogens is 1. The second-order valence-electron chi connectivity index (χ2n) is 3.67. The number of hydrogen-bond acceptors (Lipinski definition) is 3. The third kappa shape index (κ3) is 3.24. The maximum Gasteiger partial charge on any atom is 0.315 e. The summed E-state index contributed by atoms with van der Waals surface area (Å²) in [5.41, 5.74) is 0. The molecule has 0 radical (unpaired) electrons. The first kappa shape index (κ1) is 12.9. The topological polar surface area (TPSA) is 46.5 Å². The summed E-state index contributed by atoms with van der Waals surface area (Å²) in [6, 6.07) is 10.5. The van der Waals surface area contributed by atoms with Crippen molar-refractivity contribution in [3.05, 3.63) is 51.7 Å². The van der Waals surface area contributed by atoms with Gasteiger partial charge in [-0.05, 0) is 29.6 Å². The minimum absolute atomic E-state index is 0.0934. The molecule has 0 spiro atoms. The number of carbonyl (C=O) groups is 1. The normalized spacial score (nSPS) is 12.1. The first-order valence-corrected chi connectivity index (χ1v) is 6.57. The molecule has 3 nitrogen and oxygen atoms in total. The number of ether oxygens (including phenoxy) is 1. The zero-order valence-corrected chi connectivity index (χ0v) is 10.9. The second-order valence-corrected chi connectivity index (χ2v) is 5.09. The van der Waals surface area contributed by atoms with E-state index in [4.69, 9.17) is 16.3 Å². The van der Waals surface area contributed by atoms with Crippen LogP contribution < -0.4 is 4.74 Å². The maximum absolute atomic E-state index is 11.2. The summed E-state index contributed by atoms with van der Waals surface area (Å²) in [6.45, 7) is 0.0934. The van der Waals surface area contributed by atoms with Gasteiger partial charge in [-0.15, -0.1) is 11.3 Å². The van der Waals surface area contributed by atoms with Crippen LogP contribution in [0.2, 0.25) is 5.02 Å². The largest absolute Gasteiger partial charge is 0.492 e. The van der Waals surface area contributed by atoms with Crippen LogP contribution in [0.25, 0.3) is 0 Å². The molecule has 0 aliphatic rings. The van der Waals surface area contributed by atoms with E-state index in [2.05, 4.69) is 0 Å². The van der Waals surface area contributed by atoms with Gasteiger partial charge in [-0.1, -0.05) is 23.7 Å². The van der Waals surface area contributed by atoms with Gasteiger partial charge in [-0.25, -0.2) is 0 Å². The molecular formula is C13H11ClO3S. The molecule has 0 amide bonds.